The van der Waals surface area contributed by atoms with E-state index in [0.29, 0.717) is 46.2 Å². The molecule has 0 bridgehead atoms. The van der Waals surface area contributed by atoms with Gasteiger partial charge in [-0.3, -0.25) is 0 Å². The molecule has 1 atom stereocenters. The Morgan fingerprint density at radius 1 is 0.833 bits per heavy atom. The molecule has 4 rings (SSSR count). The van der Waals surface area contributed by atoms with E-state index < -0.39 is 0 Å². The molecule has 6 nitrogen and oxygen atoms in total. The third-order valence-corrected chi connectivity index (χ3v) is 5.33. The minimum absolute atomic E-state index is 0.260. The molecule has 1 aliphatic heterocycles. The number of benzene rings is 3. The van der Waals surface area contributed by atoms with Crippen LogP contribution in [0.15, 0.2) is 46.9 Å². The lowest BCUT2D eigenvalue weighted by atomic mass is 10.0. The highest BCUT2D eigenvalue weighted by Crippen LogP contribution is 2.42. The van der Waals surface area contributed by atoms with Gasteiger partial charge in [0.15, 0.2) is 0 Å². The first-order chi connectivity index (χ1) is 14.7. The summed E-state index contributed by atoms with van der Waals surface area (Å²) in [6.45, 7) is 4.45. The van der Waals surface area contributed by atoms with Gasteiger partial charge in [-0.2, -0.15) is 0 Å². The van der Waals surface area contributed by atoms with Gasteiger partial charge in [-0.05, 0) is 18.2 Å². The fourth-order valence-electron chi connectivity index (χ4n) is 3.27. The van der Waals surface area contributed by atoms with E-state index >= 15 is 0 Å². The number of hydrogen-bond donors (Lipinski definition) is 1. The number of halogens is 1. The Bertz CT molecular complexity index is 988. The summed E-state index contributed by atoms with van der Waals surface area (Å²) in [4.78, 5) is 0. The summed E-state index contributed by atoms with van der Waals surface area (Å²) in [5.41, 5.74) is 0. The van der Waals surface area contributed by atoms with Gasteiger partial charge in [0.25, 0.3) is 0 Å². The Hall–Kier alpha value is -1.90. The predicted octanol–water partition coefficient (Wildman–Crippen LogP) is 4.29. The van der Waals surface area contributed by atoms with Crippen molar-refractivity contribution < 1.29 is 28.8 Å². The number of epoxide rings is 1. The molecule has 1 heterocycles. The van der Waals surface area contributed by atoms with E-state index in [1.165, 1.54) is 0 Å². The third-order valence-electron chi connectivity index (χ3n) is 4.83. The van der Waals surface area contributed by atoms with Crippen LogP contribution in [-0.4, -0.2) is 64.1 Å². The fraction of sp³-hybridized carbons (Fsp3) is 0.391. The second-order valence-electron chi connectivity index (χ2n) is 7.02. The van der Waals surface area contributed by atoms with Gasteiger partial charge in [0.1, 0.15) is 24.2 Å². The highest BCUT2D eigenvalue weighted by atomic mass is 79.9. The summed E-state index contributed by atoms with van der Waals surface area (Å²) in [5.74, 6) is 1.01. The van der Waals surface area contributed by atoms with E-state index in [-0.39, 0.29) is 11.9 Å². The Labute approximate surface area is 183 Å². The van der Waals surface area contributed by atoms with Crippen molar-refractivity contribution in [3.63, 3.8) is 0 Å². The lowest BCUT2D eigenvalue weighted by molar-refractivity contribution is 0.00722. The van der Waals surface area contributed by atoms with Crippen LogP contribution in [0.1, 0.15) is 0 Å². The summed E-state index contributed by atoms with van der Waals surface area (Å²) in [7, 11) is 0. The summed E-state index contributed by atoms with van der Waals surface area (Å²) >= 11 is 3.47. The second-order valence-corrected chi connectivity index (χ2v) is 7.93. The van der Waals surface area contributed by atoms with Crippen molar-refractivity contribution in [2.24, 2.45) is 0 Å². The van der Waals surface area contributed by atoms with Crippen LogP contribution < -0.4 is 4.74 Å². The van der Waals surface area contributed by atoms with E-state index in [1.54, 1.807) is 0 Å². The molecular weight excluding hydrogens is 452 g/mol. The van der Waals surface area contributed by atoms with Crippen molar-refractivity contribution in [2.45, 2.75) is 6.10 Å². The Kier molecular flexibility index (Phi) is 7.41. The summed E-state index contributed by atoms with van der Waals surface area (Å²) < 4.78 is 28.6. The van der Waals surface area contributed by atoms with Crippen LogP contribution in [0.25, 0.3) is 21.5 Å². The Morgan fingerprint density at radius 3 is 2.20 bits per heavy atom. The maximum absolute atomic E-state index is 10.7. The number of hydrogen-bond acceptors (Lipinski definition) is 6. The minimum atomic E-state index is 0.260. The monoisotopic (exact) mass is 476 g/mol. The first kappa shape index (κ1) is 21.3. The van der Waals surface area contributed by atoms with E-state index in [1.807, 2.05) is 42.5 Å². The van der Waals surface area contributed by atoms with Crippen LogP contribution >= 0.6 is 15.9 Å². The molecule has 1 aliphatic rings. The minimum Gasteiger partial charge on any atom is -0.507 e. The van der Waals surface area contributed by atoms with Crippen molar-refractivity contribution in [3.05, 3.63) is 46.9 Å². The average molecular weight is 477 g/mol. The fourth-order valence-corrected chi connectivity index (χ4v) is 3.63. The largest absolute Gasteiger partial charge is 0.507 e. The molecule has 3 aromatic carbocycles. The molecule has 0 saturated carbocycles. The van der Waals surface area contributed by atoms with Crippen molar-refractivity contribution >= 4 is 37.5 Å². The molecule has 3 aromatic rings. The number of fused-ring (bicyclic) bond motifs is 2. The van der Waals surface area contributed by atoms with Crippen LogP contribution in [0.2, 0.25) is 0 Å². The molecule has 1 saturated heterocycles. The molecule has 30 heavy (non-hydrogen) atoms. The third kappa shape index (κ3) is 5.42. The number of phenols is 1. The predicted molar refractivity (Wildman–Crippen MR) is 119 cm³/mol. The average Bonchev–Trinajstić information content (AvgIpc) is 3.58. The lowest BCUT2D eigenvalue weighted by Gasteiger charge is -2.15. The SMILES string of the molecule is Oc1c2ccccc2c(OCCOCCOCCOCC2CO2)c2ccc(Br)cc12. The van der Waals surface area contributed by atoms with Crippen LogP contribution in [0.5, 0.6) is 11.5 Å². The van der Waals surface area contributed by atoms with Gasteiger partial charge in [0, 0.05) is 26.0 Å². The molecule has 0 radical (unpaired) electrons. The van der Waals surface area contributed by atoms with E-state index in [4.69, 9.17) is 23.7 Å². The van der Waals surface area contributed by atoms with Crippen molar-refractivity contribution in [2.75, 3.05) is 52.9 Å². The maximum Gasteiger partial charge on any atom is 0.135 e. The first-order valence-electron chi connectivity index (χ1n) is 10.0. The van der Waals surface area contributed by atoms with E-state index in [9.17, 15) is 5.11 Å². The number of phenolic OH excluding ortho intramolecular Hbond substituents is 1. The van der Waals surface area contributed by atoms with Gasteiger partial charge in [0.05, 0.1) is 46.2 Å². The van der Waals surface area contributed by atoms with Crippen molar-refractivity contribution in [1.29, 1.82) is 0 Å². The lowest BCUT2D eigenvalue weighted by Crippen LogP contribution is -2.13. The molecular formula is C23H25BrO6. The van der Waals surface area contributed by atoms with Crippen molar-refractivity contribution in [3.8, 4) is 11.5 Å². The number of aromatic hydroxyl groups is 1. The molecule has 0 spiro atoms. The standard InChI is InChI=1S/C23H25BrO6/c24-16-5-6-20-21(13-16)22(25)18-3-1-2-4-19(18)23(20)29-12-11-27-8-7-26-9-10-28-14-17-15-30-17/h1-6,13,17,25H,7-12,14-15H2. The normalized spacial score (nSPS) is 15.7. The number of ether oxygens (including phenoxy) is 5. The summed E-state index contributed by atoms with van der Waals surface area (Å²) in [6.07, 6.45) is 0.290. The zero-order chi connectivity index (χ0) is 20.8. The molecule has 160 valence electrons. The zero-order valence-corrected chi connectivity index (χ0v) is 18.2. The molecule has 0 aromatic heterocycles. The zero-order valence-electron chi connectivity index (χ0n) is 16.6. The van der Waals surface area contributed by atoms with Crippen LogP contribution in [0.3, 0.4) is 0 Å². The molecule has 0 aliphatic carbocycles. The van der Waals surface area contributed by atoms with Gasteiger partial charge in [-0.25, -0.2) is 0 Å². The molecule has 1 N–H and O–H groups in total. The van der Waals surface area contributed by atoms with Gasteiger partial charge in [-0.1, -0.05) is 40.2 Å². The van der Waals surface area contributed by atoms with Gasteiger partial charge < -0.3 is 28.8 Å². The highest BCUT2D eigenvalue weighted by Gasteiger charge is 2.22. The molecule has 1 fully saturated rings. The highest BCUT2D eigenvalue weighted by molar-refractivity contribution is 9.10. The van der Waals surface area contributed by atoms with Gasteiger partial charge >= 0.3 is 0 Å². The van der Waals surface area contributed by atoms with E-state index in [2.05, 4.69) is 15.9 Å². The maximum atomic E-state index is 10.7. The topological polar surface area (TPSA) is 69.7 Å². The van der Waals surface area contributed by atoms with Gasteiger partial charge in [-0.15, -0.1) is 0 Å². The van der Waals surface area contributed by atoms with Crippen molar-refractivity contribution in [1.82, 2.24) is 0 Å². The van der Waals surface area contributed by atoms with E-state index in [0.717, 1.165) is 38.4 Å². The quantitative estimate of drug-likeness (QED) is 0.239. The molecule has 7 heteroatoms. The van der Waals surface area contributed by atoms with Crippen LogP contribution in [-0.2, 0) is 18.9 Å². The smallest absolute Gasteiger partial charge is 0.135 e. The Balaban J connectivity index is 1.26. The van der Waals surface area contributed by atoms with Gasteiger partial charge in [0.2, 0.25) is 0 Å². The molecule has 1 unspecified atom stereocenters. The molecule has 0 amide bonds. The summed E-state index contributed by atoms with van der Waals surface area (Å²) in [5, 5.41) is 14.0. The second kappa shape index (κ2) is 10.4. The summed E-state index contributed by atoms with van der Waals surface area (Å²) in [6, 6.07) is 13.5. The number of rotatable bonds is 12. The Morgan fingerprint density at radius 2 is 1.47 bits per heavy atom. The first-order valence-corrected chi connectivity index (χ1v) is 10.8. The van der Waals surface area contributed by atoms with Crippen LogP contribution in [0.4, 0.5) is 0 Å². The van der Waals surface area contributed by atoms with Crippen LogP contribution in [0, 0.1) is 0 Å².